The van der Waals surface area contributed by atoms with Gasteiger partial charge >= 0.3 is 5.97 Å². The molecule has 0 aromatic carbocycles. The maximum Gasteiger partial charge on any atom is 0.329 e. The van der Waals surface area contributed by atoms with E-state index in [-0.39, 0.29) is 12.0 Å². The molecule has 0 aliphatic carbocycles. The van der Waals surface area contributed by atoms with Crippen LogP contribution in [0, 0.1) is 0 Å². The molecule has 0 aromatic rings. The molecule has 3 unspecified atom stereocenters. The molecule has 0 bridgehead atoms. The number of rotatable bonds is 3. The van der Waals surface area contributed by atoms with Gasteiger partial charge < -0.3 is 14.7 Å². The van der Waals surface area contributed by atoms with Gasteiger partial charge in [-0.3, -0.25) is 4.79 Å². The maximum absolute atomic E-state index is 12.4. The molecular weight excluding hydrogens is 234 g/mol. The molecule has 0 saturated carbocycles. The first-order valence-corrected chi connectivity index (χ1v) is 6.71. The van der Waals surface area contributed by atoms with E-state index in [1.807, 2.05) is 13.8 Å². The third-order valence-electron chi connectivity index (χ3n) is 4.25. The molecule has 3 atom stereocenters. The van der Waals surface area contributed by atoms with Gasteiger partial charge in [-0.05, 0) is 39.0 Å². The van der Waals surface area contributed by atoms with E-state index < -0.39 is 17.6 Å². The molecule has 2 rings (SSSR count). The van der Waals surface area contributed by atoms with Crippen molar-refractivity contribution in [2.24, 2.45) is 0 Å². The summed E-state index contributed by atoms with van der Waals surface area (Å²) in [6.07, 6.45) is 3.00. The smallest absolute Gasteiger partial charge is 0.329 e. The van der Waals surface area contributed by atoms with E-state index >= 15 is 0 Å². The normalized spacial score (nSPS) is 36.0. The van der Waals surface area contributed by atoms with E-state index in [1.54, 1.807) is 0 Å². The molecule has 1 N–H and O–H groups in total. The van der Waals surface area contributed by atoms with Crippen molar-refractivity contribution >= 4 is 11.9 Å². The van der Waals surface area contributed by atoms with Crippen LogP contribution in [0.2, 0.25) is 0 Å². The maximum atomic E-state index is 12.4. The number of ether oxygens (including phenoxy) is 1. The Morgan fingerprint density at radius 1 is 1.44 bits per heavy atom. The minimum atomic E-state index is -1.01. The lowest BCUT2D eigenvalue weighted by atomic mass is 9.92. The lowest BCUT2D eigenvalue weighted by molar-refractivity contribution is -0.161. The zero-order valence-corrected chi connectivity index (χ0v) is 11.0. The number of aliphatic carboxylic acids is 1. The van der Waals surface area contributed by atoms with Gasteiger partial charge in [0.05, 0.1) is 6.10 Å². The summed E-state index contributed by atoms with van der Waals surface area (Å²) in [7, 11) is 0. The van der Waals surface area contributed by atoms with Gasteiger partial charge in [-0.2, -0.15) is 0 Å². The second kappa shape index (κ2) is 4.88. The van der Waals surface area contributed by atoms with Crippen LogP contribution in [-0.4, -0.2) is 46.2 Å². The average Bonchev–Trinajstić information content (AvgIpc) is 2.94. The van der Waals surface area contributed by atoms with E-state index in [2.05, 4.69) is 0 Å². The van der Waals surface area contributed by atoms with Crippen molar-refractivity contribution in [3.8, 4) is 0 Å². The van der Waals surface area contributed by atoms with Crippen molar-refractivity contribution in [3.05, 3.63) is 0 Å². The summed E-state index contributed by atoms with van der Waals surface area (Å²) in [5.74, 6) is -1.03. The van der Waals surface area contributed by atoms with Crippen LogP contribution < -0.4 is 0 Å². The van der Waals surface area contributed by atoms with Gasteiger partial charge in [0, 0.05) is 6.54 Å². The van der Waals surface area contributed by atoms with Crippen LogP contribution in [0.5, 0.6) is 0 Å². The van der Waals surface area contributed by atoms with E-state index in [0.29, 0.717) is 25.8 Å². The summed E-state index contributed by atoms with van der Waals surface area (Å²) < 4.78 is 5.57. The van der Waals surface area contributed by atoms with Crippen molar-refractivity contribution < 1.29 is 19.4 Å². The minimum absolute atomic E-state index is 0.0995. The number of nitrogens with zero attached hydrogens (tertiary/aromatic N) is 1. The van der Waals surface area contributed by atoms with Gasteiger partial charge in [-0.1, -0.05) is 6.92 Å². The Hall–Kier alpha value is -1.10. The minimum Gasteiger partial charge on any atom is -0.479 e. The summed E-state index contributed by atoms with van der Waals surface area (Å²) in [6, 6.07) is 0. The Labute approximate surface area is 107 Å². The highest BCUT2D eigenvalue weighted by Crippen LogP contribution is 2.35. The first-order chi connectivity index (χ1) is 8.51. The Bertz CT molecular complexity index is 357. The predicted molar refractivity (Wildman–Crippen MR) is 65.2 cm³/mol. The monoisotopic (exact) mass is 255 g/mol. The Morgan fingerprint density at radius 2 is 2.17 bits per heavy atom. The fourth-order valence-electron chi connectivity index (χ4n) is 3.10. The molecule has 102 valence electrons. The number of carbonyl (C=O) groups excluding carboxylic acids is 1. The summed E-state index contributed by atoms with van der Waals surface area (Å²) in [4.78, 5) is 25.5. The standard InChI is InChI=1S/C13H21NO4/c1-3-13(12(16)17)7-4-8-14(13)11(15)10-6-5-9(2)18-10/h9-10H,3-8H2,1-2H3,(H,16,17). The van der Waals surface area contributed by atoms with E-state index in [1.165, 1.54) is 4.90 Å². The highest BCUT2D eigenvalue weighted by Gasteiger charge is 2.50. The summed E-state index contributed by atoms with van der Waals surface area (Å²) in [5, 5.41) is 9.44. The SMILES string of the molecule is CCC1(C(=O)O)CCCN1C(=O)C1CCC(C)O1. The number of hydrogen-bond donors (Lipinski definition) is 1. The second-order valence-corrected chi connectivity index (χ2v) is 5.30. The molecule has 2 aliphatic heterocycles. The van der Waals surface area contributed by atoms with Gasteiger partial charge in [0.25, 0.3) is 5.91 Å². The Morgan fingerprint density at radius 3 is 2.67 bits per heavy atom. The van der Waals surface area contributed by atoms with Crippen LogP contribution in [0.25, 0.3) is 0 Å². The van der Waals surface area contributed by atoms with E-state index in [4.69, 9.17) is 4.74 Å². The lowest BCUT2D eigenvalue weighted by Gasteiger charge is -2.35. The molecule has 5 nitrogen and oxygen atoms in total. The van der Waals surface area contributed by atoms with Gasteiger partial charge in [0.15, 0.2) is 0 Å². The molecule has 5 heteroatoms. The van der Waals surface area contributed by atoms with Gasteiger partial charge in [-0.15, -0.1) is 0 Å². The quantitative estimate of drug-likeness (QED) is 0.828. The number of amides is 1. The summed E-state index contributed by atoms with van der Waals surface area (Å²) >= 11 is 0. The zero-order chi connectivity index (χ0) is 13.3. The second-order valence-electron chi connectivity index (χ2n) is 5.30. The van der Waals surface area contributed by atoms with Crippen molar-refractivity contribution in [3.63, 3.8) is 0 Å². The van der Waals surface area contributed by atoms with Gasteiger partial charge in [0.2, 0.25) is 0 Å². The average molecular weight is 255 g/mol. The zero-order valence-electron chi connectivity index (χ0n) is 11.0. The van der Waals surface area contributed by atoms with Crippen LogP contribution in [0.3, 0.4) is 0 Å². The number of carboxylic acids is 1. The Balaban J connectivity index is 2.16. The van der Waals surface area contributed by atoms with Gasteiger partial charge in [-0.25, -0.2) is 4.79 Å². The number of carbonyl (C=O) groups is 2. The van der Waals surface area contributed by atoms with Crippen molar-refractivity contribution in [1.29, 1.82) is 0 Å². The highest BCUT2D eigenvalue weighted by atomic mass is 16.5. The molecule has 1 amide bonds. The molecule has 2 fully saturated rings. The van der Waals surface area contributed by atoms with Crippen LogP contribution >= 0.6 is 0 Å². The molecule has 2 heterocycles. The first kappa shape index (κ1) is 13.3. The van der Waals surface area contributed by atoms with E-state index in [0.717, 1.165) is 12.8 Å². The van der Waals surface area contributed by atoms with Crippen molar-refractivity contribution in [2.75, 3.05) is 6.54 Å². The van der Waals surface area contributed by atoms with Crippen LogP contribution in [0.4, 0.5) is 0 Å². The number of likely N-dealkylation sites (tertiary alicyclic amines) is 1. The highest BCUT2D eigenvalue weighted by molar-refractivity contribution is 5.90. The molecular formula is C13H21NO4. The third-order valence-corrected chi connectivity index (χ3v) is 4.25. The first-order valence-electron chi connectivity index (χ1n) is 6.71. The van der Waals surface area contributed by atoms with Crippen LogP contribution in [-0.2, 0) is 14.3 Å². The topological polar surface area (TPSA) is 66.8 Å². The number of hydrogen-bond acceptors (Lipinski definition) is 3. The largest absolute Gasteiger partial charge is 0.479 e. The van der Waals surface area contributed by atoms with Crippen LogP contribution in [0.15, 0.2) is 0 Å². The van der Waals surface area contributed by atoms with E-state index in [9.17, 15) is 14.7 Å². The van der Waals surface area contributed by atoms with Gasteiger partial charge in [0.1, 0.15) is 11.6 Å². The molecule has 0 aromatic heterocycles. The predicted octanol–water partition coefficient (Wildman–Crippen LogP) is 1.41. The van der Waals surface area contributed by atoms with Crippen molar-refractivity contribution in [2.45, 2.75) is 63.7 Å². The molecule has 2 saturated heterocycles. The number of carboxylic acid groups (broad SMARTS) is 1. The fraction of sp³-hybridized carbons (Fsp3) is 0.846. The van der Waals surface area contributed by atoms with Crippen molar-refractivity contribution in [1.82, 2.24) is 4.90 Å². The molecule has 2 aliphatic rings. The van der Waals surface area contributed by atoms with Crippen LogP contribution in [0.1, 0.15) is 46.0 Å². The summed E-state index contributed by atoms with van der Waals surface area (Å²) in [6.45, 7) is 4.31. The molecule has 0 spiro atoms. The lowest BCUT2D eigenvalue weighted by Crippen LogP contribution is -2.55. The summed E-state index contributed by atoms with van der Waals surface area (Å²) in [5.41, 5.74) is -1.01. The molecule has 18 heavy (non-hydrogen) atoms. The third kappa shape index (κ3) is 2.00. The fourth-order valence-corrected chi connectivity index (χ4v) is 3.10. The molecule has 0 radical (unpaired) electrons. The Kier molecular flexibility index (Phi) is 3.61.